The van der Waals surface area contributed by atoms with Gasteiger partial charge in [0.15, 0.2) is 6.10 Å². The van der Waals surface area contributed by atoms with Crippen LogP contribution in [0.1, 0.15) is 22.8 Å². The summed E-state index contributed by atoms with van der Waals surface area (Å²) in [7, 11) is 1.14. The van der Waals surface area contributed by atoms with Crippen molar-refractivity contribution in [1.82, 2.24) is 5.32 Å². The molecule has 150 valence electrons. The summed E-state index contributed by atoms with van der Waals surface area (Å²) in [6, 6.07) is 9.05. The maximum absolute atomic E-state index is 12.6. The van der Waals surface area contributed by atoms with Gasteiger partial charge in [0.1, 0.15) is 6.04 Å². The summed E-state index contributed by atoms with van der Waals surface area (Å²) in [5, 5.41) is 12.9. The Morgan fingerprint density at radius 2 is 1.75 bits per heavy atom. The predicted octanol–water partition coefficient (Wildman–Crippen LogP) is 3.29. The monoisotopic (exact) mass is 415 g/mol. The third-order valence-electron chi connectivity index (χ3n) is 3.99. The first-order valence-corrected chi connectivity index (χ1v) is 8.48. The molecule has 28 heavy (non-hydrogen) atoms. The Kier molecular flexibility index (Phi) is 7.04. The van der Waals surface area contributed by atoms with Crippen LogP contribution >= 0.6 is 11.6 Å². The Morgan fingerprint density at radius 1 is 1.14 bits per heavy atom. The van der Waals surface area contributed by atoms with Crippen LogP contribution < -0.4 is 5.32 Å². The van der Waals surface area contributed by atoms with E-state index in [4.69, 9.17) is 11.6 Å². The van der Waals surface area contributed by atoms with Crippen molar-refractivity contribution in [3.63, 3.8) is 0 Å². The summed E-state index contributed by atoms with van der Waals surface area (Å²) < 4.78 is 42.5. The third kappa shape index (κ3) is 5.46. The summed E-state index contributed by atoms with van der Waals surface area (Å²) >= 11 is 6.06. The molecule has 0 aromatic heterocycles. The van der Waals surface area contributed by atoms with E-state index in [1.54, 1.807) is 24.3 Å². The van der Waals surface area contributed by atoms with Crippen molar-refractivity contribution < 1.29 is 32.6 Å². The zero-order valence-corrected chi connectivity index (χ0v) is 15.4. The second-order valence-electron chi connectivity index (χ2n) is 5.90. The van der Waals surface area contributed by atoms with Crippen molar-refractivity contribution in [1.29, 1.82) is 0 Å². The minimum Gasteiger partial charge on any atom is -0.467 e. The zero-order valence-electron chi connectivity index (χ0n) is 14.7. The minimum absolute atomic E-state index is 0.0117. The van der Waals surface area contributed by atoms with Gasteiger partial charge in [-0.1, -0.05) is 41.9 Å². The number of hydrogen-bond donors (Lipinski definition) is 2. The van der Waals surface area contributed by atoms with E-state index in [0.717, 1.165) is 31.4 Å². The number of hydrogen-bond acceptors (Lipinski definition) is 4. The maximum atomic E-state index is 12.6. The van der Waals surface area contributed by atoms with Gasteiger partial charge >= 0.3 is 12.1 Å². The second kappa shape index (κ2) is 9.07. The number of ether oxygens (including phenoxy) is 1. The van der Waals surface area contributed by atoms with E-state index in [1.165, 1.54) is 0 Å². The Hall–Kier alpha value is -2.58. The van der Waals surface area contributed by atoms with Gasteiger partial charge in [-0.25, -0.2) is 4.79 Å². The summed E-state index contributed by atoms with van der Waals surface area (Å²) in [5.74, 6) is -1.71. The highest BCUT2D eigenvalue weighted by Crippen LogP contribution is 2.30. The lowest BCUT2D eigenvalue weighted by Crippen LogP contribution is -2.45. The van der Waals surface area contributed by atoms with Gasteiger partial charge in [0.05, 0.1) is 12.7 Å². The molecule has 0 aliphatic heterocycles. The fourth-order valence-corrected chi connectivity index (χ4v) is 2.69. The van der Waals surface area contributed by atoms with Crippen molar-refractivity contribution in [3.8, 4) is 0 Å². The third-order valence-corrected chi connectivity index (χ3v) is 4.35. The molecule has 0 aliphatic rings. The lowest BCUT2D eigenvalue weighted by Gasteiger charge is -2.19. The van der Waals surface area contributed by atoms with E-state index in [1.807, 2.05) is 0 Å². The summed E-state index contributed by atoms with van der Waals surface area (Å²) in [6.45, 7) is 0. The fraction of sp³-hybridized carbons (Fsp3) is 0.263. The van der Waals surface area contributed by atoms with Gasteiger partial charge in [-0.15, -0.1) is 0 Å². The number of carbonyl (C=O) groups excluding carboxylic acids is 2. The van der Waals surface area contributed by atoms with Crippen LogP contribution in [-0.2, 0) is 26.9 Å². The predicted molar refractivity (Wildman–Crippen MR) is 95.5 cm³/mol. The smallest absolute Gasteiger partial charge is 0.416 e. The van der Waals surface area contributed by atoms with E-state index in [0.29, 0.717) is 10.6 Å². The number of methoxy groups -OCH3 is 1. The second-order valence-corrected chi connectivity index (χ2v) is 6.31. The topological polar surface area (TPSA) is 75.6 Å². The van der Waals surface area contributed by atoms with E-state index in [-0.39, 0.29) is 12.0 Å². The maximum Gasteiger partial charge on any atom is 0.416 e. The van der Waals surface area contributed by atoms with Crippen LogP contribution in [0.2, 0.25) is 5.02 Å². The number of nitrogens with one attached hydrogen (secondary N) is 1. The van der Waals surface area contributed by atoms with Gasteiger partial charge in [-0.2, -0.15) is 13.2 Å². The quantitative estimate of drug-likeness (QED) is 0.710. The Labute approximate surface area is 164 Å². The highest BCUT2D eigenvalue weighted by atomic mass is 35.5. The van der Waals surface area contributed by atoms with Gasteiger partial charge in [-0.05, 0) is 29.3 Å². The molecule has 0 radical (unpaired) electrons. The molecule has 2 atom stereocenters. The number of amides is 1. The Morgan fingerprint density at radius 3 is 2.29 bits per heavy atom. The van der Waals surface area contributed by atoms with Crippen molar-refractivity contribution in [3.05, 3.63) is 70.2 Å². The first-order chi connectivity index (χ1) is 13.1. The first kappa shape index (κ1) is 21.7. The molecule has 0 heterocycles. The van der Waals surface area contributed by atoms with Gasteiger partial charge in [0, 0.05) is 11.4 Å². The molecule has 2 aromatic carbocycles. The van der Waals surface area contributed by atoms with Crippen LogP contribution in [0.15, 0.2) is 48.5 Å². The van der Waals surface area contributed by atoms with E-state index < -0.39 is 35.8 Å². The Bertz CT molecular complexity index is 840. The number of aliphatic hydroxyl groups is 1. The number of rotatable bonds is 6. The fourth-order valence-electron chi connectivity index (χ4n) is 2.48. The molecule has 0 saturated heterocycles. The lowest BCUT2D eigenvalue weighted by atomic mass is 10.0. The van der Waals surface area contributed by atoms with Crippen LogP contribution in [0.5, 0.6) is 0 Å². The molecule has 1 amide bonds. The molecule has 0 aliphatic carbocycles. The summed E-state index contributed by atoms with van der Waals surface area (Å²) in [4.78, 5) is 24.3. The summed E-state index contributed by atoms with van der Waals surface area (Å²) in [5.41, 5.74) is -0.384. The van der Waals surface area contributed by atoms with Gasteiger partial charge in [-0.3, -0.25) is 4.79 Å². The van der Waals surface area contributed by atoms with Crippen LogP contribution in [0.3, 0.4) is 0 Å². The average Bonchev–Trinajstić information content (AvgIpc) is 2.67. The van der Waals surface area contributed by atoms with E-state index in [2.05, 4.69) is 10.1 Å². The van der Waals surface area contributed by atoms with Crippen molar-refractivity contribution in [2.75, 3.05) is 7.11 Å². The Balaban J connectivity index is 2.14. The molecular weight excluding hydrogens is 399 g/mol. The molecule has 0 unspecified atom stereocenters. The van der Waals surface area contributed by atoms with Crippen LogP contribution in [0.4, 0.5) is 13.2 Å². The zero-order chi connectivity index (χ0) is 20.9. The number of alkyl halides is 3. The summed E-state index contributed by atoms with van der Waals surface area (Å²) in [6.07, 6.45) is -6.28. The molecule has 0 bridgehead atoms. The van der Waals surface area contributed by atoms with Crippen molar-refractivity contribution >= 4 is 23.5 Å². The highest BCUT2D eigenvalue weighted by Gasteiger charge is 2.31. The number of benzene rings is 2. The lowest BCUT2D eigenvalue weighted by molar-refractivity contribution is -0.146. The van der Waals surface area contributed by atoms with Crippen LogP contribution in [0.25, 0.3) is 0 Å². The van der Waals surface area contributed by atoms with Crippen molar-refractivity contribution in [2.24, 2.45) is 0 Å². The van der Waals surface area contributed by atoms with Gasteiger partial charge < -0.3 is 15.2 Å². The molecule has 2 N–H and O–H groups in total. The molecule has 2 aromatic rings. The SMILES string of the molecule is COC(=O)[C@@H](Cc1ccccc1Cl)NC(=O)[C@H](O)c1ccc(C(F)(F)F)cc1. The molecule has 0 saturated carbocycles. The van der Waals surface area contributed by atoms with E-state index in [9.17, 15) is 27.9 Å². The molecule has 0 spiro atoms. The number of aliphatic hydroxyl groups excluding tert-OH is 1. The molecule has 2 rings (SSSR count). The number of halogens is 4. The molecule has 9 heteroatoms. The highest BCUT2D eigenvalue weighted by molar-refractivity contribution is 6.31. The average molecular weight is 416 g/mol. The van der Waals surface area contributed by atoms with Gasteiger partial charge in [0.25, 0.3) is 5.91 Å². The van der Waals surface area contributed by atoms with Crippen molar-refractivity contribution in [2.45, 2.75) is 24.7 Å². The standard InChI is InChI=1S/C19H17ClF3NO4/c1-28-18(27)15(10-12-4-2-3-5-14(12)20)24-17(26)16(25)11-6-8-13(9-7-11)19(21,22)23/h2-9,15-16,25H,10H2,1H3,(H,24,26)/t15-,16-/m1/s1. The van der Waals surface area contributed by atoms with Crippen LogP contribution in [-0.4, -0.2) is 30.1 Å². The molecule has 5 nitrogen and oxygen atoms in total. The van der Waals surface area contributed by atoms with Gasteiger partial charge in [0.2, 0.25) is 0 Å². The molecular formula is C19H17ClF3NO4. The first-order valence-electron chi connectivity index (χ1n) is 8.10. The normalized spacial score (nSPS) is 13.5. The van der Waals surface area contributed by atoms with E-state index >= 15 is 0 Å². The van der Waals surface area contributed by atoms with Crippen LogP contribution in [0, 0.1) is 0 Å². The molecule has 0 fully saturated rings. The number of esters is 1. The minimum atomic E-state index is -4.53. The largest absolute Gasteiger partial charge is 0.467 e. The number of carbonyl (C=O) groups is 2.